The third-order valence-corrected chi connectivity index (χ3v) is 5.88. The molecule has 0 aromatic heterocycles. The quantitative estimate of drug-likeness (QED) is 0.793. The van der Waals surface area contributed by atoms with Gasteiger partial charge in [0, 0.05) is 17.8 Å². The Morgan fingerprint density at radius 2 is 2.00 bits per heavy atom. The Morgan fingerprint density at radius 1 is 1.10 bits per heavy atom. The van der Waals surface area contributed by atoms with Crippen LogP contribution in [0.4, 0.5) is 5.69 Å². The standard InChI is InChI=1S/C17H22N2O2/c1-2-6-14-13(5-1)16-8-10-19-9-4-3-7-15(19)17(16,18-14)21-12-11-20-16/h1-2,5-6,15,18H,3-4,7-12H2/t15-,16-,17-/m0/s1. The average Bonchev–Trinajstić information content (AvgIpc) is 2.86. The number of anilines is 1. The highest BCUT2D eigenvalue weighted by atomic mass is 16.6. The number of rotatable bonds is 0. The Bertz CT molecular complexity index is 578. The number of ether oxygens (including phenoxy) is 2. The first-order valence-corrected chi connectivity index (χ1v) is 8.25. The van der Waals surface area contributed by atoms with Crippen LogP contribution in [0.25, 0.3) is 0 Å². The van der Waals surface area contributed by atoms with Gasteiger partial charge in [-0.3, -0.25) is 4.90 Å². The normalized spacial score (nSPS) is 41.4. The number of nitrogens with zero attached hydrogens (tertiary/aromatic N) is 1. The maximum absolute atomic E-state index is 6.46. The van der Waals surface area contributed by atoms with Crippen molar-refractivity contribution in [1.82, 2.24) is 4.90 Å². The molecule has 0 spiro atoms. The number of nitrogens with one attached hydrogen (secondary N) is 1. The Kier molecular flexibility index (Phi) is 2.50. The van der Waals surface area contributed by atoms with Crippen LogP contribution in [0, 0.1) is 0 Å². The fourth-order valence-corrected chi connectivity index (χ4v) is 5.06. The van der Waals surface area contributed by atoms with Crippen molar-refractivity contribution in [2.45, 2.75) is 43.1 Å². The molecule has 1 N–H and O–H groups in total. The van der Waals surface area contributed by atoms with E-state index in [9.17, 15) is 0 Å². The fourth-order valence-electron chi connectivity index (χ4n) is 5.06. The van der Waals surface area contributed by atoms with Crippen molar-refractivity contribution in [2.24, 2.45) is 0 Å². The zero-order chi connectivity index (χ0) is 13.9. The first-order chi connectivity index (χ1) is 10.4. The number of hydrogen-bond donors (Lipinski definition) is 1. The largest absolute Gasteiger partial charge is 0.363 e. The van der Waals surface area contributed by atoms with Crippen molar-refractivity contribution in [3.05, 3.63) is 29.8 Å². The van der Waals surface area contributed by atoms with Crippen LogP contribution in [-0.2, 0) is 15.1 Å². The van der Waals surface area contributed by atoms with Gasteiger partial charge < -0.3 is 14.8 Å². The van der Waals surface area contributed by atoms with E-state index in [0.29, 0.717) is 19.3 Å². The van der Waals surface area contributed by atoms with E-state index in [1.54, 1.807) is 0 Å². The van der Waals surface area contributed by atoms with Gasteiger partial charge in [-0.05, 0) is 31.9 Å². The first-order valence-electron chi connectivity index (χ1n) is 8.25. The van der Waals surface area contributed by atoms with Gasteiger partial charge >= 0.3 is 0 Å². The second kappa shape index (κ2) is 4.22. The summed E-state index contributed by atoms with van der Waals surface area (Å²) in [5.41, 5.74) is 1.83. The van der Waals surface area contributed by atoms with E-state index in [1.807, 2.05) is 0 Å². The molecule has 4 heterocycles. The minimum atomic E-state index is -0.381. The SMILES string of the molecule is c1ccc2c(c1)N[C@@]13OCCO[C@@]21CCN1CCCC[C@H]13. The summed E-state index contributed by atoms with van der Waals surface area (Å²) in [5.74, 6) is 0. The summed E-state index contributed by atoms with van der Waals surface area (Å²) < 4.78 is 12.9. The molecule has 0 radical (unpaired) electrons. The first kappa shape index (κ1) is 12.4. The van der Waals surface area contributed by atoms with E-state index in [0.717, 1.165) is 13.0 Å². The van der Waals surface area contributed by atoms with Crippen LogP contribution in [0.5, 0.6) is 0 Å². The van der Waals surface area contributed by atoms with E-state index in [-0.39, 0.29) is 11.3 Å². The van der Waals surface area contributed by atoms with Crippen molar-refractivity contribution in [1.29, 1.82) is 0 Å². The monoisotopic (exact) mass is 286 g/mol. The van der Waals surface area contributed by atoms with E-state index < -0.39 is 0 Å². The Morgan fingerprint density at radius 3 is 3.00 bits per heavy atom. The highest BCUT2D eigenvalue weighted by Gasteiger charge is 2.68. The molecule has 3 saturated heterocycles. The lowest BCUT2D eigenvalue weighted by Gasteiger charge is -2.59. The Hall–Kier alpha value is -1.10. The summed E-state index contributed by atoms with van der Waals surface area (Å²) in [6, 6.07) is 9.03. The Balaban J connectivity index is 1.69. The van der Waals surface area contributed by atoms with Gasteiger partial charge in [0.05, 0.1) is 19.3 Å². The van der Waals surface area contributed by atoms with Gasteiger partial charge in [0.2, 0.25) is 0 Å². The fraction of sp³-hybridized carbons (Fsp3) is 0.647. The van der Waals surface area contributed by atoms with Crippen molar-refractivity contribution in [2.75, 3.05) is 31.6 Å². The third kappa shape index (κ3) is 1.41. The minimum absolute atomic E-state index is 0.291. The van der Waals surface area contributed by atoms with Gasteiger partial charge in [0.1, 0.15) is 5.60 Å². The number of benzene rings is 1. The molecule has 5 rings (SSSR count). The van der Waals surface area contributed by atoms with Crippen LogP contribution >= 0.6 is 0 Å². The van der Waals surface area contributed by atoms with Gasteiger partial charge in [-0.15, -0.1) is 0 Å². The molecule has 3 fully saturated rings. The third-order valence-electron chi connectivity index (χ3n) is 5.88. The molecule has 4 aliphatic heterocycles. The van der Waals surface area contributed by atoms with E-state index in [4.69, 9.17) is 9.47 Å². The zero-order valence-electron chi connectivity index (χ0n) is 12.3. The molecule has 112 valence electrons. The number of piperidine rings is 2. The van der Waals surface area contributed by atoms with Gasteiger partial charge in [-0.25, -0.2) is 0 Å². The smallest absolute Gasteiger partial charge is 0.188 e. The van der Waals surface area contributed by atoms with Crippen LogP contribution in [0.15, 0.2) is 24.3 Å². The van der Waals surface area contributed by atoms with E-state index >= 15 is 0 Å². The average molecular weight is 286 g/mol. The highest BCUT2D eigenvalue weighted by molar-refractivity contribution is 5.64. The van der Waals surface area contributed by atoms with E-state index in [2.05, 4.69) is 34.5 Å². The van der Waals surface area contributed by atoms with Crippen molar-refractivity contribution < 1.29 is 9.47 Å². The molecule has 3 atom stereocenters. The van der Waals surface area contributed by atoms with Crippen molar-refractivity contribution in [3.8, 4) is 0 Å². The summed E-state index contributed by atoms with van der Waals surface area (Å²) in [6.07, 6.45) is 4.83. The van der Waals surface area contributed by atoms with Gasteiger partial charge in [-0.1, -0.05) is 24.6 Å². The minimum Gasteiger partial charge on any atom is -0.363 e. The number of fused-ring (bicyclic) bond motifs is 2. The predicted octanol–water partition coefficient (Wildman–Crippen LogP) is 2.31. The maximum Gasteiger partial charge on any atom is 0.188 e. The molecule has 1 aromatic rings. The second-order valence-electron chi connectivity index (χ2n) is 6.73. The summed E-state index contributed by atoms with van der Waals surface area (Å²) in [4.78, 5) is 2.62. The predicted molar refractivity (Wildman–Crippen MR) is 80.2 cm³/mol. The van der Waals surface area contributed by atoms with Crippen LogP contribution < -0.4 is 5.32 Å². The molecule has 4 nitrogen and oxygen atoms in total. The summed E-state index contributed by atoms with van der Waals surface area (Å²) >= 11 is 0. The number of hydrogen-bond acceptors (Lipinski definition) is 4. The van der Waals surface area contributed by atoms with Gasteiger partial charge in [0.15, 0.2) is 5.72 Å². The lowest BCUT2D eigenvalue weighted by Crippen LogP contribution is -2.74. The maximum atomic E-state index is 6.46. The van der Waals surface area contributed by atoms with Gasteiger partial charge in [-0.2, -0.15) is 0 Å². The zero-order valence-corrected chi connectivity index (χ0v) is 12.3. The van der Waals surface area contributed by atoms with Crippen LogP contribution in [0.2, 0.25) is 0 Å². The lowest BCUT2D eigenvalue weighted by molar-refractivity contribution is -0.293. The van der Waals surface area contributed by atoms with Crippen molar-refractivity contribution >= 4 is 5.69 Å². The van der Waals surface area contributed by atoms with Crippen LogP contribution in [-0.4, -0.2) is 43.0 Å². The van der Waals surface area contributed by atoms with Crippen molar-refractivity contribution in [3.63, 3.8) is 0 Å². The molecule has 0 bridgehead atoms. The molecule has 0 aliphatic carbocycles. The molecular weight excluding hydrogens is 264 g/mol. The van der Waals surface area contributed by atoms with Gasteiger partial charge in [0.25, 0.3) is 0 Å². The Labute approximate surface area is 125 Å². The summed E-state index contributed by atoms with van der Waals surface area (Å²) in [6.45, 7) is 3.70. The molecule has 0 saturated carbocycles. The summed E-state index contributed by atoms with van der Waals surface area (Å²) in [5, 5.41) is 3.75. The summed E-state index contributed by atoms with van der Waals surface area (Å²) in [7, 11) is 0. The molecule has 0 unspecified atom stereocenters. The highest BCUT2D eigenvalue weighted by Crippen LogP contribution is 2.58. The molecule has 4 heteroatoms. The molecule has 1 aromatic carbocycles. The van der Waals surface area contributed by atoms with Crippen LogP contribution in [0.3, 0.4) is 0 Å². The molecule has 0 amide bonds. The molecular formula is C17H22N2O2. The second-order valence-corrected chi connectivity index (χ2v) is 6.73. The molecule has 21 heavy (non-hydrogen) atoms. The lowest BCUT2D eigenvalue weighted by atomic mass is 9.72. The van der Waals surface area contributed by atoms with Crippen LogP contribution in [0.1, 0.15) is 31.2 Å². The molecule has 4 aliphatic rings. The van der Waals surface area contributed by atoms with E-state index in [1.165, 1.54) is 37.1 Å². The number of para-hydroxylation sites is 1. The topological polar surface area (TPSA) is 33.7 Å².